The van der Waals surface area contributed by atoms with E-state index in [-0.39, 0.29) is 5.12 Å². The lowest BCUT2D eigenvalue weighted by molar-refractivity contribution is 0.108. The molecular formula is C30H36O3S. The fraction of sp³-hybridized carbons (Fsp3) is 0.367. The molecule has 180 valence electrons. The molecule has 1 atom stereocenters. The highest BCUT2D eigenvalue weighted by Gasteiger charge is 2.14. The lowest BCUT2D eigenvalue weighted by Crippen LogP contribution is -2.07. The third-order valence-electron chi connectivity index (χ3n) is 5.84. The van der Waals surface area contributed by atoms with Crippen LogP contribution in [0.5, 0.6) is 11.5 Å². The highest BCUT2D eigenvalue weighted by Crippen LogP contribution is 2.31. The highest BCUT2D eigenvalue weighted by atomic mass is 32.2. The van der Waals surface area contributed by atoms with Crippen LogP contribution >= 0.6 is 11.8 Å². The van der Waals surface area contributed by atoms with Crippen molar-refractivity contribution in [3.63, 3.8) is 0 Å². The first-order valence-corrected chi connectivity index (χ1v) is 13.2. The Morgan fingerprint density at radius 2 is 1.50 bits per heavy atom. The Bertz CT molecular complexity index is 1010. The molecule has 0 amide bonds. The first-order valence-electron chi connectivity index (χ1n) is 12.4. The fourth-order valence-electron chi connectivity index (χ4n) is 3.48. The van der Waals surface area contributed by atoms with Gasteiger partial charge in [-0.05, 0) is 77.7 Å². The van der Waals surface area contributed by atoms with Crippen LogP contribution in [0, 0.1) is 5.92 Å². The second-order valence-electron chi connectivity index (χ2n) is 8.66. The van der Waals surface area contributed by atoms with Crippen molar-refractivity contribution in [2.75, 3.05) is 13.2 Å². The molecule has 0 aromatic heterocycles. The van der Waals surface area contributed by atoms with Crippen molar-refractivity contribution in [3.05, 3.63) is 78.4 Å². The van der Waals surface area contributed by atoms with Gasteiger partial charge >= 0.3 is 0 Å². The van der Waals surface area contributed by atoms with Crippen LogP contribution in [0.3, 0.4) is 0 Å². The topological polar surface area (TPSA) is 35.5 Å². The number of unbranched alkanes of at least 4 members (excludes halogenated alkanes) is 3. The second-order valence-corrected chi connectivity index (χ2v) is 9.71. The van der Waals surface area contributed by atoms with Gasteiger partial charge in [-0.2, -0.15) is 0 Å². The van der Waals surface area contributed by atoms with Gasteiger partial charge in [-0.15, -0.1) is 0 Å². The minimum atomic E-state index is 0.0279. The Kier molecular flexibility index (Phi) is 10.6. The van der Waals surface area contributed by atoms with E-state index in [0.717, 1.165) is 47.0 Å². The van der Waals surface area contributed by atoms with Gasteiger partial charge in [0.1, 0.15) is 11.5 Å². The van der Waals surface area contributed by atoms with Crippen LogP contribution in [-0.4, -0.2) is 18.3 Å². The molecule has 0 fully saturated rings. The average molecular weight is 477 g/mol. The number of carbonyl (C=O) groups excluding carboxylic acids is 1. The molecule has 0 saturated carbocycles. The Labute approximate surface area is 208 Å². The Morgan fingerprint density at radius 3 is 2.21 bits per heavy atom. The molecule has 0 bridgehead atoms. The minimum Gasteiger partial charge on any atom is -0.494 e. The van der Waals surface area contributed by atoms with Crippen LogP contribution in [0.4, 0.5) is 0 Å². The van der Waals surface area contributed by atoms with E-state index in [1.807, 2.05) is 72.8 Å². The molecule has 0 aliphatic rings. The van der Waals surface area contributed by atoms with E-state index in [4.69, 9.17) is 9.47 Å². The van der Waals surface area contributed by atoms with Gasteiger partial charge in [0.25, 0.3) is 0 Å². The van der Waals surface area contributed by atoms with Gasteiger partial charge in [0.15, 0.2) is 0 Å². The first-order chi connectivity index (χ1) is 16.6. The van der Waals surface area contributed by atoms with Gasteiger partial charge in [0.2, 0.25) is 5.12 Å². The van der Waals surface area contributed by atoms with Gasteiger partial charge in [-0.25, -0.2) is 0 Å². The van der Waals surface area contributed by atoms with Crippen LogP contribution < -0.4 is 9.47 Å². The summed E-state index contributed by atoms with van der Waals surface area (Å²) in [6, 6.07) is 23.6. The molecule has 3 nitrogen and oxygen atoms in total. The van der Waals surface area contributed by atoms with Crippen molar-refractivity contribution in [2.45, 2.75) is 57.8 Å². The quantitative estimate of drug-likeness (QED) is 0.183. The molecule has 3 rings (SSSR count). The van der Waals surface area contributed by atoms with Crippen molar-refractivity contribution in [2.24, 2.45) is 5.92 Å². The smallest absolute Gasteiger partial charge is 0.224 e. The molecule has 1 unspecified atom stereocenters. The molecule has 0 N–H and O–H groups in total. The molecule has 0 radical (unpaired) electrons. The Morgan fingerprint density at radius 1 is 0.824 bits per heavy atom. The lowest BCUT2D eigenvalue weighted by atomic mass is 10.0. The first kappa shape index (κ1) is 25.9. The van der Waals surface area contributed by atoms with Crippen molar-refractivity contribution in [3.8, 4) is 22.6 Å². The summed E-state index contributed by atoms with van der Waals surface area (Å²) in [5.41, 5.74) is 2.65. The summed E-state index contributed by atoms with van der Waals surface area (Å²) in [5.74, 6) is 2.23. The number of hydrogen-bond acceptors (Lipinski definition) is 4. The van der Waals surface area contributed by atoms with Crippen molar-refractivity contribution in [1.29, 1.82) is 0 Å². The van der Waals surface area contributed by atoms with E-state index in [1.54, 1.807) is 0 Å². The van der Waals surface area contributed by atoms with Crippen molar-refractivity contribution >= 4 is 16.9 Å². The van der Waals surface area contributed by atoms with Gasteiger partial charge in [0.05, 0.1) is 13.2 Å². The van der Waals surface area contributed by atoms with Crippen LogP contribution in [0.1, 0.15) is 63.2 Å². The van der Waals surface area contributed by atoms with Crippen molar-refractivity contribution < 1.29 is 14.3 Å². The third-order valence-corrected chi connectivity index (χ3v) is 6.76. The predicted molar refractivity (Wildman–Crippen MR) is 143 cm³/mol. The number of thioether (sulfide) groups is 1. The lowest BCUT2D eigenvalue weighted by Gasteiger charge is -2.12. The molecular weight excluding hydrogens is 440 g/mol. The SMILES string of the molecule is CCCCCCOc1ccc(-c2ccccc2C(=O)Sc2ccc(OCC(C)CC)cc2)cc1. The molecule has 0 heterocycles. The van der Waals surface area contributed by atoms with Crippen LogP contribution in [0.2, 0.25) is 0 Å². The molecule has 34 heavy (non-hydrogen) atoms. The fourth-order valence-corrected chi connectivity index (χ4v) is 4.26. The van der Waals surface area contributed by atoms with Crippen LogP contribution in [0.25, 0.3) is 11.1 Å². The van der Waals surface area contributed by atoms with E-state index in [1.165, 1.54) is 31.0 Å². The number of hydrogen-bond donors (Lipinski definition) is 0. The largest absolute Gasteiger partial charge is 0.494 e. The average Bonchev–Trinajstić information content (AvgIpc) is 2.88. The standard InChI is InChI=1S/C30H36O3S/c1-4-6-7-10-21-32-25-15-13-24(14-16-25)28-11-8-9-12-29(28)30(31)34-27-19-17-26(18-20-27)33-22-23(3)5-2/h8-9,11-20,23H,4-7,10,21-22H2,1-3H3. The van der Waals surface area contributed by atoms with Gasteiger partial charge in [-0.1, -0.05) is 76.8 Å². The molecule has 0 aliphatic carbocycles. The van der Waals surface area contributed by atoms with Crippen LogP contribution in [-0.2, 0) is 0 Å². The summed E-state index contributed by atoms with van der Waals surface area (Å²) in [6.45, 7) is 8.00. The third kappa shape index (κ3) is 7.95. The zero-order valence-electron chi connectivity index (χ0n) is 20.6. The number of carbonyl (C=O) groups is 1. The van der Waals surface area contributed by atoms with E-state index < -0.39 is 0 Å². The molecule has 4 heteroatoms. The van der Waals surface area contributed by atoms with Gasteiger partial charge < -0.3 is 9.47 Å². The zero-order valence-corrected chi connectivity index (χ0v) is 21.4. The molecule has 3 aromatic carbocycles. The number of rotatable bonds is 13. The van der Waals surface area contributed by atoms with Crippen LogP contribution in [0.15, 0.2) is 77.7 Å². The van der Waals surface area contributed by atoms with Gasteiger partial charge in [0, 0.05) is 10.5 Å². The maximum Gasteiger partial charge on any atom is 0.224 e. The monoisotopic (exact) mass is 476 g/mol. The van der Waals surface area contributed by atoms with E-state index in [0.29, 0.717) is 18.1 Å². The Balaban J connectivity index is 1.62. The number of benzene rings is 3. The summed E-state index contributed by atoms with van der Waals surface area (Å²) in [6.07, 6.45) is 5.85. The molecule has 3 aromatic rings. The minimum absolute atomic E-state index is 0.0279. The van der Waals surface area contributed by atoms with E-state index >= 15 is 0 Å². The maximum absolute atomic E-state index is 13.1. The summed E-state index contributed by atoms with van der Waals surface area (Å²) < 4.78 is 11.7. The number of ether oxygens (including phenoxy) is 2. The van der Waals surface area contributed by atoms with Gasteiger partial charge in [-0.3, -0.25) is 4.79 Å². The molecule has 0 spiro atoms. The zero-order chi connectivity index (χ0) is 24.2. The van der Waals surface area contributed by atoms with E-state index in [9.17, 15) is 4.79 Å². The summed E-state index contributed by atoms with van der Waals surface area (Å²) in [7, 11) is 0. The van der Waals surface area contributed by atoms with E-state index in [2.05, 4.69) is 20.8 Å². The second kappa shape index (κ2) is 13.9. The normalized spacial score (nSPS) is 11.7. The maximum atomic E-state index is 13.1. The molecule has 0 aliphatic heterocycles. The summed E-state index contributed by atoms with van der Waals surface area (Å²) >= 11 is 1.24. The molecule has 0 saturated heterocycles. The van der Waals surface area contributed by atoms with Crippen molar-refractivity contribution in [1.82, 2.24) is 0 Å². The highest BCUT2D eigenvalue weighted by molar-refractivity contribution is 8.14. The Hall–Kier alpha value is -2.72. The summed E-state index contributed by atoms with van der Waals surface area (Å²) in [5, 5.41) is 0.0279. The predicted octanol–water partition coefficient (Wildman–Crippen LogP) is 8.67. The summed E-state index contributed by atoms with van der Waals surface area (Å²) in [4.78, 5) is 14.1.